The lowest BCUT2D eigenvalue weighted by Crippen LogP contribution is -2.55. The van der Waals surface area contributed by atoms with Gasteiger partial charge < -0.3 is 24.8 Å². The number of hydrogen-bond donors (Lipinski definition) is 2. The number of piperidine rings is 2. The molecule has 6 aliphatic rings. The lowest BCUT2D eigenvalue weighted by molar-refractivity contribution is -0.136. The first-order valence-electron chi connectivity index (χ1n) is 20.7. The zero-order chi connectivity index (χ0) is 39.9. The predicted octanol–water partition coefficient (Wildman–Crippen LogP) is 4.45. The summed E-state index contributed by atoms with van der Waals surface area (Å²) in [4.78, 5) is 59.6. The maximum atomic E-state index is 13.2. The maximum absolute atomic E-state index is 13.2. The summed E-state index contributed by atoms with van der Waals surface area (Å²) in [6.45, 7) is 5.22. The van der Waals surface area contributed by atoms with E-state index < -0.39 is 6.04 Å². The largest absolute Gasteiger partial charge is 0.490 e. The summed E-state index contributed by atoms with van der Waals surface area (Å²) in [5, 5.41) is 23.8. The van der Waals surface area contributed by atoms with E-state index in [4.69, 9.17) is 21.6 Å². The zero-order valence-corrected chi connectivity index (χ0v) is 33.2. The van der Waals surface area contributed by atoms with Crippen molar-refractivity contribution in [3.63, 3.8) is 0 Å². The molecule has 2 aromatic carbocycles. The lowest BCUT2D eigenvalue weighted by atomic mass is 9.92. The molecule has 14 nitrogen and oxygen atoms in total. The number of hydrogen-bond acceptors (Lipinski definition) is 11. The van der Waals surface area contributed by atoms with Crippen LogP contribution in [0.3, 0.4) is 0 Å². The van der Waals surface area contributed by atoms with Gasteiger partial charge in [-0.1, -0.05) is 11.6 Å². The van der Waals surface area contributed by atoms with Gasteiger partial charge in [0.2, 0.25) is 11.8 Å². The van der Waals surface area contributed by atoms with Crippen LogP contribution in [0.5, 0.6) is 5.75 Å². The molecule has 1 saturated carbocycles. The second-order valence-electron chi connectivity index (χ2n) is 16.8. The van der Waals surface area contributed by atoms with E-state index in [0.717, 1.165) is 88.3 Å². The number of halogens is 1. The number of benzene rings is 2. The van der Waals surface area contributed by atoms with Crippen LogP contribution in [0.2, 0.25) is 5.02 Å². The number of amides is 4. The first-order valence-corrected chi connectivity index (χ1v) is 21.1. The molecule has 1 aromatic heterocycles. The minimum absolute atomic E-state index is 0.0286. The van der Waals surface area contributed by atoms with E-state index in [0.29, 0.717) is 58.6 Å². The second-order valence-corrected chi connectivity index (χ2v) is 17.2. The highest BCUT2D eigenvalue weighted by Crippen LogP contribution is 2.37. The van der Waals surface area contributed by atoms with Gasteiger partial charge in [0.15, 0.2) is 11.5 Å². The van der Waals surface area contributed by atoms with Gasteiger partial charge in [-0.15, -0.1) is 10.2 Å². The van der Waals surface area contributed by atoms with Crippen LogP contribution in [-0.2, 0) is 16.1 Å². The maximum Gasteiger partial charge on any atom is 0.272 e. The molecule has 4 amide bonds. The van der Waals surface area contributed by atoms with Gasteiger partial charge in [0.25, 0.3) is 11.8 Å². The first kappa shape index (κ1) is 38.3. The molecule has 3 unspecified atom stereocenters. The first-order chi connectivity index (χ1) is 28.2. The summed E-state index contributed by atoms with van der Waals surface area (Å²) in [7, 11) is 0. The number of nitrogens with zero attached hydrogens (tertiary/aromatic N) is 7. The molecule has 5 fully saturated rings. The SMILES string of the molecule is N#Cc1ccc(OC2CCC(NC(=O)c3ccc(N4CCC(CN5C6CCC5CN(c5ccc7c(c5)CN(C5CCC(=O)NC5=O)C7=O)C6)CC4)nn3)CC2)cc1Cl. The number of carbonyl (C=O) groups is 4. The van der Waals surface area contributed by atoms with Crippen LogP contribution in [0, 0.1) is 17.2 Å². The third-order valence-corrected chi connectivity index (χ3v) is 13.5. The topological polar surface area (TPSA) is 164 Å². The van der Waals surface area contributed by atoms with Crippen molar-refractivity contribution in [3.8, 4) is 11.8 Å². The third kappa shape index (κ3) is 7.82. The van der Waals surface area contributed by atoms with Crippen LogP contribution in [0.25, 0.3) is 0 Å². The van der Waals surface area contributed by atoms with Gasteiger partial charge in [0.05, 0.1) is 16.7 Å². The second kappa shape index (κ2) is 16.2. The van der Waals surface area contributed by atoms with E-state index in [1.807, 2.05) is 12.1 Å². The van der Waals surface area contributed by atoms with Crippen LogP contribution >= 0.6 is 11.6 Å². The Morgan fingerprint density at radius 3 is 2.36 bits per heavy atom. The van der Waals surface area contributed by atoms with Crippen molar-refractivity contribution in [2.24, 2.45) is 5.92 Å². The van der Waals surface area contributed by atoms with Crippen molar-refractivity contribution in [1.82, 2.24) is 30.6 Å². The molecule has 1 aliphatic carbocycles. The highest BCUT2D eigenvalue weighted by atomic mass is 35.5. The van der Waals surface area contributed by atoms with Gasteiger partial charge in [-0.2, -0.15) is 5.26 Å². The van der Waals surface area contributed by atoms with E-state index in [9.17, 15) is 19.2 Å². The fourth-order valence-corrected chi connectivity index (χ4v) is 10.2. The quantitative estimate of drug-likeness (QED) is 0.294. The summed E-state index contributed by atoms with van der Waals surface area (Å²) >= 11 is 6.16. The van der Waals surface area contributed by atoms with Crippen LogP contribution in [0.1, 0.15) is 96.2 Å². The number of rotatable bonds is 9. The van der Waals surface area contributed by atoms with Crippen molar-refractivity contribution in [1.29, 1.82) is 5.26 Å². The van der Waals surface area contributed by atoms with Crippen LogP contribution < -0.4 is 25.2 Å². The van der Waals surface area contributed by atoms with Gasteiger partial charge >= 0.3 is 0 Å². The molecule has 6 heterocycles. The number of piperazine rings is 1. The highest BCUT2D eigenvalue weighted by Gasteiger charge is 2.43. The van der Waals surface area contributed by atoms with E-state index in [1.54, 1.807) is 29.2 Å². The molecular weight excluding hydrogens is 758 g/mol. The fraction of sp³-hybridized carbons (Fsp3) is 0.512. The van der Waals surface area contributed by atoms with Crippen molar-refractivity contribution >= 4 is 46.7 Å². The number of nitrogens with one attached hydrogen (secondary N) is 2. The number of carbonyl (C=O) groups excluding carboxylic acids is 4. The lowest BCUT2D eigenvalue weighted by Gasteiger charge is -2.44. The van der Waals surface area contributed by atoms with Crippen LogP contribution in [-0.4, -0.2) is 107 Å². The van der Waals surface area contributed by atoms with Gasteiger partial charge in [0.1, 0.15) is 17.9 Å². The van der Waals surface area contributed by atoms with Gasteiger partial charge in [-0.05, 0) is 112 Å². The van der Waals surface area contributed by atoms with E-state index >= 15 is 0 Å². The third-order valence-electron chi connectivity index (χ3n) is 13.2. The molecule has 58 heavy (non-hydrogen) atoms. The van der Waals surface area contributed by atoms with Crippen molar-refractivity contribution in [2.75, 3.05) is 42.5 Å². The Morgan fingerprint density at radius 1 is 0.897 bits per heavy atom. The number of aromatic nitrogens is 2. The number of ether oxygens (including phenoxy) is 1. The van der Waals surface area contributed by atoms with Crippen molar-refractivity contribution < 1.29 is 23.9 Å². The molecule has 15 heteroatoms. The molecule has 3 aromatic rings. The molecule has 2 bridgehead atoms. The Balaban J connectivity index is 0.718. The number of nitriles is 1. The molecule has 0 radical (unpaired) electrons. The average Bonchev–Trinajstić information content (AvgIpc) is 3.66. The van der Waals surface area contributed by atoms with Gasteiger partial charge in [-0.3, -0.25) is 29.4 Å². The predicted molar refractivity (Wildman–Crippen MR) is 215 cm³/mol. The standard InChI is InChI=1S/C43H48ClN9O5/c44-36-20-34(7-1-27(36)21-45)58-33-8-2-29(3-9-33)46-41(55)37-11-13-39(49-48-37)50-17-15-26(16-18-50)22-52-31-4-5-32(52)25-51(24-31)30-6-10-35-28(19-30)23-53(43(35)57)38-12-14-40(54)47-42(38)56/h1,6-7,10-11,13,19-20,26,29,31-33,38H,2-5,8-9,12,14-18,22-25H2,(H,46,55)(H,47,54,56). The molecule has 9 rings (SSSR count). The highest BCUT2D eigenvalue weighted by molar-refractivity contribution is 6.31. The number of anilines is 2. The smallest absolute Gasteiger partial charge is 0.272 e. The summed E-state index contributed by atoms with van der Waals surface area (Å²) in [5.74, 6) is 1.06. The fourth-order valence-electron chi connectivity index (χ4n) is 9.95. The molecular formula is C43H48ClN9O5. The van der Waals surface area contributed by atoms with E-state index in [2.05, 4.69) is 53.7 Å². The Kier molecular flexibility index (Phi) is 10.7. The molecule has 0 spiro atoms. The van der Waals surface area contributed by atoms with E-state index in [1.165, 1.54) is 12.8 Å². The Bertz CT molecular complexity index is 2110. The molecule has 302 valence electrons. The number of imide groups is 1. The number of fused-ring (bicyclic) bond motifs is 3. The molecule has 2 N–H and O–H groups in total. The molecule has 5 aliphatic heterocycles. The molecule has 3 atom stereocenters. The monoisotopic (exact) mass is 805 g/mol. The van der Waals surface area contributed by atoms with Crippen molar-refractivity contribution in [3.05, 3.63) is 75.9 Å². The van der Waals surface area contributed by atoms with Gasteiger partial charge in [-0.25, -0.2) is 0 Å². The summed E-state index contributed by atoms with van der Waals surface area (Å²) in [6, 6.07) is 17.4. The summed E-state index contributed by atoms with van der Waals surface area (Å²) in [5.41, 5.74) is 3.48. The minimum atomic E-state index is -0.604. The zero-order valence-electron chi connectivity index (χ0n) is 32.4. The Morgan fingerprint density at radius 2 is 1.67 bits per heavy atom. The normalized spacial score (nSPS) is 26.3. The van der Waals surface area contributed by atoms with Gasteiger partial charge in [0, 0.05) is 81.1 Å². The average molecular weight is 806 g/mol. The summed E-state index contributed by atoms with van der Waals surface area (Å²) < 4.78 is 6.09. The Hall–Kier alpha value is -5.26. The van der Waals surface area contributed by atoms with Crippen LogP contribution in [0.15, 0.2) is 48.5 Å². The van der Waals surface area contributed by atoms with Crippen LogP contribution in [0.4, 0.5) is 11.5 Å². The Labute approximate surface area is 342 Å². The van der Waals surface area contributed by atoms with E-state index in [-0.39, 0.29) is 42.2 Å². The summed E-state index contributed by atoms with van der Waals surface area (Å²) in [6.07, 6.45) is 8.38. The molecule has 4 saturated heterocycles. The minimum Gasteiger partial charge on any atom is -0.490 e. The van der Waals surface area contributed by atoms with Crippen molar-refractivity contribution in [2.45, 2.75) is 101 Å².